The van der Waals surface area contributed by atoms with Crippen molar-refractivity contribution in [1.29, 1.82) is 0 Å². The van der Waals surface area contributed by atoms with Crippen LogP contribution in [0.5, 0.6) is 5.88 Å². The van der Waals surface area contributed by atoms with Crippen molar-refractivity contribution in [1.82, 2.24) is 15.4 Å². The Hall–Kier alpha value is -4.16. The number of nitrogens with two attached hydrogens (primary N) is 2. The van der Waals surface area contributed by atoms with Crippen molar-refractivity contribution in [3.8, 4) is 17.1 Å². The van der Waals surface area contributed by atoms with Crippen molar-refractivity contribution >= 4 is 17.5 Å². The number of halogens is 3. The van der Waals surface area contributed by atoms with Gasteiger partial charge in [-0.1, -0.05) is 48.5 Å². The number of nitrogen functional groups attached to an aromatic ring is 1. The van der Waals surface area contributed by atoms with Crippen molar-refractivity contribution in [2.75, 3.05) is 12.3 Å². The molecule has 9 nitrogen and oxygen atoms in total. The van der Waals surface area contributed by atoms with Crippen LogP contribution in [0.3, 0.4) is 0 Å². The first-order valence-corrected chi connectivity index (χ1v) is 10.7. The number of hydroxylamine groups is 1. The van der Waals surface area contributed by atoms with Crippen LogP contribution in [0.2, 0.25) is 0 Å². The van der Waals surface area contributed by atoms with Crippen LogP contribution in [0.1, 0.15) is 22.8 Å². The number of benzene rings is 2. The first-order valence-electron chi connectivity index (χ1n) is 10.7. The highest BCUT2D eigenvalue weighted by atomic mass is 19.4. The summed E-state index contributed by atoms with van der Waals surface area (Å²) in [5.41, 5.74) is 16.8. The maximum Gasteiger partial charge on any atom is 0.429 e. The molecule has 36 heavy (non-hydrogen) atoms. The average molecular weight is 501 g/mol. The summed E-state index contributed by atoms with van der Waals surface area (Å²) in [6, 6.07) is 12.5. The number of anilines is 1. The summed E-state index contributed by atoms with van der Waals surface area (Å²) in [5.74, 6) is -1.74. The van der Waals surface area contributed by atoms with E-state index in [2.05, 4.69) is 15.4 Å². The second kappa shape index (κ2) is 10.2. The Labute approximate surface area is 203 Å². The van der Waals surface area contributed by atoms with E-state index in [0.717, 1.165) is 5.57 Å². The quantitative estimate of drug-likeness (QED) is 0.365. The highest BCUT2D eigenvalue weighted by Gasteiger charge is 2.43. The van der Waals surface area contributed by atoms with E-state index in [4.69, 9.17) is 26.1 Å². The number of alkyl halides is 3. The molecule has 0 amide bonds. The Morgan fingerprint density at radius 3 is 2.36 bits per heavy atom. The van der Waals surface area contributed by atoms with Gasteiger partial charge in [-0.25, -0.2) is 4.98 Å². The van der Waals surface area contributed by atoms with Gasteiger partial charge in [0.05, 0.1) is 12.2 Å². The molecule has 2 aromatic carbocycles. The predicted molar refractivity (Wildman–Crippen MR) is 124 cm³/mol. The normalized spacial score (nSPS) is 15.1. The molecule has 4 rings (SSSR count). The van der Waals surface area contributed by atoms with Crippen molar-refractivity contribution in [3.63, 3.8) is 0 Å². The molecule has 0 unspecified atom stereocenters. The molecule has 0 fully saturated rings. The van der Waals surface area contributed by atoms with Crippen LogP contribution in [-0.4, -0.2) is 39.8 Å². The van der Waals surface area contributed by atoms with Crippen molar-refractivity contribution < 1.29 is 32.6 Å². The van der Waals surface area contributed by atoms with Gasteiger partial charge in [0.2, 0.25) is 17.9 Å². The van der Waals surface area contributed by atoms with E-state index in [-0.39, 0.29) is 29.5 Å². The van der Waals surface area contributed by atoms with Crippen LogP contribution >= 0.6 is 0 Å². The van der Waals surface area contributed by atoms with Crippen LogP contribution in [0.15, 0.2) is 60.9 Å². The maximum absolute atomic E-state index is 13.9. The lowest BCUT2D eigenvalue weighted by atomic mass is 10.0. The first-order chi connectivity index (χ1) is 17.1. The minimum Gasteiger partial charge on any atom is -0.480 e. The molecular weight excluding hydrogens is 479 g/mol. The summed E-state index contributed by atoms with van der Waals surface area (Å²) < 4.78 is 47.1. The lowest BCUT2D eigenvalue weighted by Gasteiger charge is -2.22. The van der Waals surface area contributed by atoms with E-state index >= 15 is 0 Å². The minimum absolute atomic E-state index is 0.114. The van der Waals surface area contributed by atoms with Gasteiger partial charge in [-0.05, 0) is 17.5 Å². The van der Waals surface area contributed by atoms with Gasteiger partial charge in [-0.2, -0.15) is 23.6 Å². The standard InChI is InChI=1S/C24H22F3N5O4/c25-24(26,27)21(16-7-5-14(6-8-16)17-11-30-35-12-17)36-20-10-19(31-23(29)32-20)15-3-1-13(2-4-15)9-18(28)22(33)34/h1-8,10,12,18,21,30H,9,11,28H2,(H,33,34)(H2,29,31,32)/t18-,21-/m0/s1. The van der Waals surface area contributed by atoms with Crippen molar-refractivity contribution in [2.45, 2.75) is 24.7 Å². The molecule has 1 aliphatic rings. The molecule has 0 spiro atoms. The van der Waals surface area contributed by atoms with E-state index in [1.807, 2.05) is 0 Å². The lowest BCUT2D eigenvalue weighted by Crippen LogP contribution is -2.32. The molecule has 0 radical (unpaired) electrons. The number of nitrogens with one attached hydrogen (secondary N) is 1. The average Bonchev–Trinajstić information content (AvgIpc) is 3.37. The Kier molecular flexibility index (Phi) is 7.08. The predicted octanol–water partition coefficient (Wildman–Crippen LogP) is 3.24. The van der Waals surface area contributed by atoms with E-state index in [9.17, 15) is 18.0 Å². The summed E-state index contributed by atoms with van der Waals surface area (Å²) in [6.07, 6.45) is -5.42. The van der Waals surface area contributed by atoms with Crippen LogP contribution in [-0.2, 0) is 16.1 Å². The Morgan fingerprint density at radius 2 is 1.78 bits per heavy atom. The van der Waals surface area contributed by atoms with Gasteiger partial charge >= 0.3 is 12.1 Å². The molecule has 2 heterocycles. The van der Waals surface area contributed by atoms with Crippen LogP contribution in [0.25, 0.3) is 16.8 Å². The van der Waals surface area contributed by atoms with E-state index in [1.165, 1.54) is 24.5 Å². The largest absolute Gasteiger partial charge is 0.480 e. The van der Waals surface area contributed by atoms with Crippen molar-refractivity contribution in [3.05, 3.63) is 77.5 Å². The number of aliphatic carboxylic acids is 1. The van der Waals surface area contributed by atoms with Gasteiger partial charge in [0, 0.05) is 22.8 Å². The summed E-state index contributed by atoms with van der Waals surface area (Å²) in [7, 11) is 0. The lowest BCUT2D eigenvalue weighted by molar-refractivity contribution is -0.198. The number of nitrogens with zero attached hydrogens (tertiary/aromatic N) is 2. The monoisotopic (exact) mass is 501 g/mol. The molecule has 1 aliphatic heterocycles. The zero-order valence-corrected chi connectivity index (χ0v) is 18.7. The molecule has 0 aliphatic carbocycles. The second-order valence-corrected chi connectivity index (χ2v) is 8.04. The maximum atomic E-state index is 13.9. The molecule has 6 N–H and O–H groups in total. The number of carbonyl (C=O) groups is 1. The van der Waals surface area contributed by atoms with Gasteiger partial charge in [-0.3, -0.25) is 4.79 Å². The second-order valence-electron chi connectivity index (χ2n) is 8.04. The van der Waals surface area contributed by atoms with Crippen LogP contribution in [0, 0.1) is 0 Å². The molecule has 2 atom stereocenters. The molecule has 0 bridgehead atoms. The summed E-state index contributed by atoms with van der Waals surface area (Å²) in [4.78, 5) is 23.8. The SMILES string of the molecule is Nc1nc(O[C@@H](c2ccc(C3=CONC3)cc2)C(F)(F)F)cc(-c2ccc(C[C@H](N)C(=O)O)cc2)n1. The fourth-order valence-electron chi connectivity index (χ4n) is 3.56. The topological polar surface area (TPSA) is 146 Å². The van der Waals surface area contributed by atoms with Gasteiger partial charge < -0.3 is 26.1 Å². The number of hydrogen-bond acceptors (Lipinski definition) is 8. The molecule has 188 valence electrons. The summed E-state index contributed by atoms with van der Waals surface area (Å²) in [5, 5.41) is 8.95. The molecule has 1 aromatic heterocycles. The van der Waals surface area contributed by atoms with Gasteiger partial charge in [0.1, 0.15) is 12.3 Å². The van der Waals surface area contributed by atoms with Gasteiger partial charge in [0.15, 0.2) is 0 Å². The molecule has 3 aromatic rings. The van der Waals surface area contributed by atoms with Crippen LogP contribution in [0.4, 0.5) is 19.1 Å². The number of carboxylic acid groups (broad SMARTS) is 1. The number of hydrogen-bond donors (Lipinski definition) is 4. The van der Waals surface area contributed by atoms with Crippen molar-refractivity contribution in [2.24, 2.45) is 5.73 Å². The van der Waals surface area contributed by atoms with Gasteiger partial charge in [0.25, 0.3) is 0 Å². The summed E-state index contributed by atoms with van der Waals surface area (Å²) >= 11 is 0. The zero-order valence-electron chi connectivity index (χ0n) is 18.7. The number of rotatable bonds is 8. The third-order valence-corrected chi connectivity index (χ3v) is 5.41. The Bertz CT molecular complexity index is 1260. The third kappa shape index (κ3) is 5.90. The number of ether oxygens (including phenoxy) is 1. The number of carboxylic acids is 1. The smallest absolute Gasteiger partial charge is 0.429 e. The Balaban J connectivity index is 1.57. The molecular formula is C24H22F3N5O4. The van der Waals surface area contributed by atoms with E-state index < -0.39 is 24.3 Å². The number of aromatic nitrogens is 2. The third-order valence-electron chi connectivity index (χ3n) is 5.41. The summed E-state index contributed by atoms with van der Waals surface area (Å²) in [6.45, 7) is 0.439. The molecule has 0 saturated carbocycles. The zero-order chi connectivity index (χ0) is 25.9. The van der Waals surface area contributed by atoms with Gasteiger partial charge in [-0.15, -0.1) is 0 Å². The molecule has 0 saturated heterocycles. The molecule has 12 heteroatoms. The van der Waals surface area contributed by atoms with E-state index in [1.54, 1.807) is 36.4 Å². The minimum atomic E-state index is -4.73. The fourth-order valence-corrected chi connectivity index (χ4v) is 3.56. The highest BCUT2D eigenvalue weighted by Crippen LogP contribution is 2.37. The van der Waals surface area contributed by atoms with Crippen LogP contribution < -0.4 is 21.7 Å². The van der Waals surface area contributed by atoms with E-state index in [0.29, 0.717) is 23.2 Å². The first kappa shape index (κ1) is 24.9. The Morgan fingerprint density at radius 1 is 1.11 bits per heavy atom. The fraction of sp³-hybridized carbons (Fsp3) is 0.208. The highest BCUT2D eigenvalue weighted by molar-refractivity contribution is 5.73.